The topological polar surface area (TPSA) is 113 Å². The molecule has 0 unspecified atom stereocenters. The summed E-state index contributed by atoms with van der Waals surface area (Å²) in [7, 11) is -5.39. The van der Waals surface area contributed by atoms with E-state index >= 15 is 0 Å². The fraction of sp³-hybridized carbons (Fsp3) is 0.118. The molecule has 0 radical (unpaired) electrons. The molecule has 0 aliphatic heterocycles. The van der Waals surface area contributed by atoms with Crippen LogP contribution in [0.25, 0.3) is 0 Å². The van der Waals surface area contributed by atoms with Gasteiger partial charge in [0.25, 0.3) is 0 Å². The number of imidazole rings is 3. The van der Waals surface area contributed by atoms with E-state index in [1.54, 1.807) is 0 Å². The first kappa shape index (κ1) is 44.6. The molecule has 11 heteroatoms. The van der Waals surface area contributed by atoms with Crippen LogP contribution in [0.1, 0.15) is 33.4 Å². The van der Waals surface area contributed by atoms with Gasteiger partial charge in [-0.05, 0) is 33.4 Å². The van der Waals surface area contributed by atoms with Gasteiger partial charge in [-0.1, -0.05) is 182 Å². The van der Waals surface area contributed by atoms with Crippen LogP contribution >= 0.6 is 7.82 Å². The van der Waals surface area contributed by atoms with E-state index in [4.69, 9.17) is 19.2 Å². The number of benzene rings is 6. The Kier molecular flexibility index (Phi) is 17.1. The van der Waals surface area contributed by atoms with Crippen LogP contribution in [0.3, 0.4) is 0 Å². The third-order valence-corrected chi connectivity index (χ3v) is 9.49. The Bertz CT molecular complexity index is 2180. The zero-order valence-electron chi connectivity index (χ0n) is 34.5. The smallest absolute Gasteiger partial charge is 0.244 e. The molecule has 314 valence electrons. The summed E-state index contributed by atoms with van der Waals surface area (Å²) in [5, 5.41) is 0. The Morgan fingerprint density at radius 2 is 0.532 bits per heavy atom. The minimum Gasteiger partial charge on any atom is -0.822 e. The van der Waals surface area contributed by atoms with E-state index in [0.717, 1.165) is 39.3 Å². The van der Waals surface area contributed by atoms with E-state index in [1.807, 2.05) is 0 Å². The molecule has 0 N–H and O–H groups in total. The second-order valence-corrected chi connectivity index (χ2v) is 15.5. The van der Waals surface area contributed by atoms with E-state index in [0.29, 0.717) is 0 Å². The van der Waals surface area contributed by atoms with E-state index in [2.05, 4.69) is 266 Å². The lowest BCUT2D eigenvalue weighted by Crippen LogP contribution is -2.31. The first-order valence-corrected chi connectivity index (χ1v) is 21.8. The molecule has 9 rings (SSSR count). The lowest BCUT2D eigenvalue weighted by atomic mass is 10.2. The third-order valence-electron chi connectivity index (χ3n) is 9.49. The first-order valence-electron chi connectivity index (χ1n) is 20.3. The van der Waals surface area contributed by atoms with Crippen LogP contribution in [0.5, 0.6) is 0 Å². The summed E-state index contributed by atoms with van der Waals surface area (Å²) < 4.78 is 21.8. The average Bonchev–Trinajstić information content (AvgIpc) is 4.05. The minimum absolute atomic E-state index is 0.919. The maximum atomic E-state index is 8.55. The fourth-order valence-electron chi connectivity index (χ4n) is 6.64. The SMILES string of the molecule is O=P([O-])([O-])[O-].c1ccc(Cn2cc[n+](Cc3ccccc3)c2)cc1.c1ccc(Cn2cc[n+](Cc3ccccc3)c2)cc1.c1ccc(Cn2cc[n+](Cc3ccccc3)c2)cc1. The number of aromatic nitrogens is 6. The quantitative estimate of drug-likeness (QED) is 0.115. The molecular weight excluding hydrogens is 792 g/mol. The van der Waals surface area contributed by atoms with Gasteiger partial charge in [-0.15, -0.1) is 0 Å². The maximum Gasteiger partial charge on any atom is 0.244 e. The molecular formula is C51H51N6O4P. The van der Waals surface area contributed by atoms with Crippen molar-refractivity contribution < 1.29 is 32.9 Å². The van der Waals surface area contributed by atoms with Crippen LogP contribution in [0.2, 0.25) is 0 Å². The van der Waals surface area contributed by atoms with Crippen LogP contribution in [-0.2, 0) is 43.8 Å². The van der Waals surface area contributed by atoms with Gasteiger partial charge in [-0.2, -0.15) is 7.82 Å². The minimum atomic E-state index is -5.39. The van der Waals surface area contributed by atoms with Gasteiger partial charge in [0.2, 0.25) is 19.0 Å². The highest BCUT2D eigenvalue weighted by atomic mass is 31.2. The molecule has 0 saturated heterocycles. The zero-order chi connectivity index (χ0) is 43.2. The van der Waals surface area contributed by atoms with Crippen molar-refractivity contribution in [3.05, 3.63) is 272 Å². The van der Waals surface area contributed by atoms with Gasteiger partial charge in [0.05, 0.1) is 0 Å². The van der Waals surface area contributed by atoms with Crippen molar-refractivity contribution in [3.63, 3.8) is 0 Å². The first-order chi connectivity index (χ1) is 30.2. The monoisotopic (exact) mass is 842 g/mol. The van der Waals surface area contributed by atoms with E-state index < -0.39 is 7.82 Å². The second-order valence-electron chi connectivity index (χ2n) is 14.6. The van der Waals surface area contributed by atoms with Crippen LogP contribution in [0, 0.1) is 0 Å². The zero-order valence-corrected chi connectivity index (χ0v) is 35.4. The van der Waals surface area contributed by atoms with Crippen LogP contribution < -0.4 is 28.4 Å². The highest BCUT2D eigenvalue weighted by molar-refractivity contribution is 7.40. The van der Waals surface area contributed by atoms with Crippen molar-refractivity contribution >= 4 is 7.82 Å². The highest BCUT2D eigenvalue weighted by Crippen LogP contribution is 2.06. The summed E-state index contributed by atoms with van der Waals surface area (Å²) in [6.45, 7) is 5.52. The Balaban J connectivity index is 0.000000147. The fourth-order valence-corrected chi connectivity index (χ4v) is 6.64. The molecule has 0 saturated carbocycles. The standard InChI is InChI=1S/3C17H17N2.H3O4P/c3*1-3-7-16(8-4-1)13-18-11-12-19(15-18)14-17-9-5-2-6-10-17;1-5(2,3)4/h3*1-12,15H,13-14H2;(H3,1,2,3,4)/q3*+1;/p-3. The number of phosphoric acid groups is 1. The summed E-state index contributed by atoms with van der Waals surface area (Å²) in [4.78, 5) is 25.6. The summed E-state index contributed by atoms with van der Waals surface area (Å²) in [6, 6.07) is 63.1. The summed E-state index contributed by atoms with van der Waals surface area (Å²) in [6.07, 6.45) is 19.2. The van der Waals surface area contributed by atoms with Gasteiger partial charge in [0.15, 0.2) is 0 Å². The Morgan fingerprint density at radius 1 is 0.339 bits per heavy atom. The summed E-state index contributed by atoms with van der Waals surface area (Å²) in [5.41, 5.74) is 7.94. The molecule has 0 bridgehead atoms. The molecule has 0 atom stereocenters. The lowest BCUT2D eigenvalue weighted by molar-refractivity contribution is -0.688. The number of nitrogens with zero attached hydrogens (tertiary/aromatic N) is 6. The molecule has 0 amide bonds. The number of hydrogen-bond acceptors (Lipinski definition) is 4. The Morgan fingerprint density at radius 3 is 0.742 bits per heavy atom. The number of rotatable bonds is 12. The summed E-state index contributed by atoms with van der Waals surface area (Å²) in [5.74, 6) is 0. The highest BCUT2D eigenvalue weighted by Gasteiger charge is 2.07. The van der Waals surface area contributed by atoms with Crippen molar-refractivity contribution in [3.8, 4) is 0 Å². The van der Waals surface area contributed by atoms with Crippen LogP contribution in [-0.4, -0.2) is 13.7 Å². The Hall–Kier alpha value is -6.94. The Labute approximate surface area is 364 Å². The van der Waals surface area contributed by atoms with Crippen LogP contribution in [0.15, 0.2) is 238 Å². The second kappa shape index (κ2) is 23.7. The molecule has 3 aromatic heterocycles. The van der Waals surface area contributed by atoms with Crippen molar-refractivity contribution in [1.82, 2.24) is 13.7 Å². The molecule has 10 nitrogen and oxygen atoms in total. The van der Waals surface area contributed by atoms with E-state index in [1.165, 1.54) is 33.4 Å². The van der Waals surface area contributed by atoms with Gasteiger partial charge in [0.1, 0.15) is 76.4 Å². The van der Waals surface area contributed by atoms with E-state index in [-0.39, 0.29) is 0 Å². The number of hydrogen-bond donors (Lipinski definition) is 0. The predicted octanol–water partition coefficient (Wildman–Crippen LogP) is 5.79. The van der Waals surface area contributed by atoms with Crippen molar-refractivity contribution in [2.75, 3.05) is 0 Å². The van der Waals surface area contributed by atoms with Crippen molar-refractivity contribution in [2.45, 2.75) is 39.3 Å². The van der Waals surface area contributed by atoms with Crippen LogP contribution in [0.4, 0.5) is 0 Å². The molecule has 6 aromatic carbocycles. The summed E-state index contributed by atoms with van der Waals surface area (Å²) >= 11 is 0. The average molecular weight is 843 g/mol. The van der Waals surface area contributed by atoms with Gasteiger partial charge in [-0.25, -0.2) is 27.4 Å². The molecule has 0 aliphatic rings. The molecule has 0 spiro atoms. The largest absolute Gasteiger partial charge is 0.822 e. The normalized spacial score (nSPS) is 10.6. The maximum absolute atomic E-state index is 8.55. The van der Waals surface area contributed by atoms with Gasteiger partial charge >= 0.3 is 0 Å². The van der Waals surface area contributed by atoms with E-state index in [9.17, 15) is 0 Å². The third kappa shape index (κ3) is 17.0. The van der Waals surface area contributed by atoms with Crippen molar-refractivity contribution in [2.24, 2.45) is 0 Å². The molecule has 0 fully saturated rings. The molecule has 0 aliphatic carbocycles. The molecule has 3 heterocycles. The predicted molar refractivity (Wildman–Crippen MR) is 235 cm³/mol. The van der Waals surface area contributed by atoms with Gasteiger partial charge in [0, 0.05) is 0 Å². The molecule has 9 aromatic rings. The van der Waals surface area contributed by atoms with Crippen molar-refractivity contribution in [1.29, 1.82) is 0 Å². The lowest BCUT2D eigenvalue weighted by Gasteiger charge is -2.36. The molecule has 62 heavy (non-hydrogen) atoms. The van der Waals surface area contributed by atoms with Gasteiger partial charge < -0.3 is 19.2 Å². The van der Waals surface area contributed by atoms with Gasteiger partial charge in [-0.3, -0.25) is 0 Å².